The van der Waals surface area contributed by atoms with Gasteiger partial charge >= 0.3 is 0 Å². The number of rotatable bonds is 3. The summed E-state index contributed by atoms with van der Waals surface area (Å²) in [6.45, 7) is 1.21. The average molecular weight is 197 g/mol. The van der Waals surface area contributed by atoms with Crippen LogP contribution in [0.1, 0.15) is 51.4 Å². The van der Waals surface area contributed by atoms with E-state index in [9.17, 15) is 0 Å². The molecule has 1 unspecified atom stereocenters. The highest BCUT2D eigenvalue weighted by atomic mass is 16.5. The summed E-state index contributed by atoms with van der Waals surface area (Å²) in [4.78, 5) is 0. The molecule has 2 rings (SSSR count). The SMILES string of the molecule is COC1(CC2CCCN2)CCCCC1. The van der Waals surface area contributed by atoms with Gasteiger partial charge in [0.1, 0.15) is 0 Å². The highest BCUT2D eigenvalue weighted by Gasteiger charge is 2.34. The van der Waals surface area contributed by atoms with Crippen LogP contribution in [0.3, 0.4) is 0 Å². The van der Waals surface area contributed by atoms with Gasteiger partial charge in [0.15, 0.2) is 0 Å². The van der Waals surface area contributed by atoms with Crippen molar-refractivity contribution in [2.24, 2.45) is 0 Å². The van der Waals surface area contributed by atoms with E-state index in [1.165, 1.54) is 57.9 Å². The van der Waals surface area contributed by atoms with Crippen molar-refractivity contribution in [2.75, 3.05) is 13.7 Å². The van der Waals surface area contributed by atoms with Gasteiger partial charge in [-0.25, -0.2) is 0 Å². The molecule has 1 aliphatic carbocycles. The second kappa shape index (κ2) is 4.63. The fourth-order valence-corrected chi connectivity index (χ4v) is 3.07. The van der Waals surface area contributed by atoms with Crippen LogP contribution in [0.2, 0.25) is 0 Å². The molecule has 0 aromatic heterocycles. The predicted molar refractivity (Wildman–Crippen MR) is 58.5 cm³/mol. The van der Waals surface area contributed by atoms with Crippen molar-refractivity contribution in [3.05, 3.63) is 0 Å². The zero-order valence-electron chi connectivity index (χ0n) is 9.35. The van der Waals surface area contributed by atoms with Crippen molar-refractivity contribution in [2.45, 2.75) is 63.0 Å². The number of ether oxygens (including phenoxy) is 1. The summed E-state index contributed by atoms with van der Waals surface area (Å²) < 4.78 is 5.80. The minimum Gasteiger partial charge on any atom is -0.378 e. The Morgan fingerprint density at radius 1 is 1.21 bits per heavy atom. The van der Waals surface area contributed by atoms with Crippen molar-refractivity contribution in [1.82, 2.24) is 5.32 Å². The highest BCUT2D eigenvalue weighted by molar-refractivity contribution is 4.90. The molecule has 0 aromatic carbocycles. The van der Waals surface area contributed by atoms with Gasteiger partial charge in [0.05, 0.1) is 5.60 Å². The van der Waals surface area contributed by atoms with E-state index in [1.807, 2.05) is 7.11 Å². The molecule has 0 spiro atoms. The molecular formula is C12H23NO. The van der Waals surface area contributed by atoms with Crippen molar-refractivity contribution in [3.63, 3.8) is 0 Å². The zero-order valence-corrected chi connectivity index (χ0v) is 9.35. The van der Waals surface area contributed by atoms with E-state index >= 15 is 0 Å². The van der Waals surface area contributed by atoms with Gasteiger partial charge in [-0.3, -0.25) is 0 Å². The summed E-state index contributed by atoms with van der Waals surface area (Å²) in [7, 11) is 1.90. The highest BCUT2D eigenvalue weighted by Crippen LogP contribution is 2.36. The molecule has 2 heteroatoms. The molecule has 0 aromatic rings. The third-order valence-electron chi connectivity index (χ3n) is 3.98. The quantitative estimate of drug-likeness (QED) is 0.750. The molecule has 1 atom stereocenters. The summed E-state index contributed by atoms with van der Waals surface area (Å²) in [5.41, 5.74) is 0.222. The van der Waals surface area contributed by atoms with Crippen molar-refractivity contribution in [1.29, 1.82) is 0 Å². The Labute approximate surface area is 87.4 Å². The summed E-state index contributed by atoms with van der Waals surface area (Å²) in [5, 5.41) is 3.58. The standard InChI is InChI=1S/C12H23NO/c1-14-12(7-3-2-4-8-12)10-11-6-5-9-13-11/h11,13H,2-10H2,1H3. The average Bonchev–Trinajstić information content (AvgIpc) is 2.72. The molecular weight excluding hydrogens is 174 g/mol. The molecule has 1 heterocycles. The molecule has 2 fully saturated rings. The fourth-order valence-electron chi connectivity index (χ4n) is 3.07. The van der Waals surface area contributed by atoms with Crippen LogP contribution in [0.15, 0.2) is 0 Å². The Morgan fingerprint density at radius 2 is 2.00 bits per heavy atom. The Hall–Kier alpha value is -0.0800. The molecule has 1 N–H and O–H groups in total. The van der Waals surface area contributed by atoms with Crippen LogP contribution < -0.4 is 5.32 Å². The van der Waals surface area contributed by atoms with Crippen LogP contribution in [0.25, 0.3) is 0 Å². The number of methoxy groups -OCH3 is 1. The van der Waals surface area contributed by atoms with Gasteiger partial charge in [0, 0.05) is 13.2 Å². The molecule has 1 saturated carbocycles. The largest absolute Gasteiger partial charge is 0.378 e. The lowest BCUT2D eigenvalue weighted by Gasteiger charge is -2.38. The minimum atomic E-state index is 0.222. The molecule has 1 aliphatic heterocycles. The maximum absolute atomic E-state index is 5.80. The fraction of sp³-hybridized carbons (Fsp3) is 1.00. The molecule has 82 valence electrons. The van der Waals surface area contributed by atoms with Crippen LogP contribution >= 0.6 is 0 Å². The maximum Gasteiger partial charge on any atom is 0.0693 e. The van der Waals surface area contributed by atoms with Crippen LogP contribution in [0.5, 0.6) is 0 Å². The van der Waals surface area contributed by atoms with E-state index in [4.69, 9.17) is 4.74 Å². The van der Waals surface area contributed by atoms with Gasteiger partial charge in [0.2, 0.25) is 0 Å². The van der Waals surface area contributed by atoms with Crippen molar-refractivity contribution in [3.8, 4) is 0 Å². The van der Waals surface area contributed by atoms with Gasteiger partial charge in [-0.15, -0.1) is 0 Å². The van der Waals surface area contributed by atoms with Crippen LogP contribution in [0.4, 0.5) is 0 Å². The van der Waals surface area contributed by atoms with E-state index in [1.54, 1.807) is 0 Å². The van der Waals surface area contributed by atoms with Crippen LogP contribution in [0, 0.1) is 0 Å². The Morgan fingerprint density at radius 3 is 2.57 bits per heavy atom. The lowest BCUT2D eigenvalue weighted by atomic mass is 9.80. The zero-order chi connectivity index (χ0) is 9.86. The topological polar surface area (TPSA) is 21.3 Å². The molecule has 0 bridgehead atoms. The van der Waals surface area contributed by atoms with E-state index in [0.29, 0.717) is 0 Å². The Bertz CT molecular complexity index is 169. The van der Waals surface area contributed by atoms with Gasteiger partial charge in [-0.05, 0) is 38.6 Å². The third kappa shape index (κ3) is 2.29. The normalized spacial score (nSPS) is 31.9. The minimum absolute atomic E-state index is 0.222. The summed E-state index contributed by atoms with van der Waals surface area (Å²) in [6, 6.07) is 0.730. The third-order valence-corrected chi connectivity index (χ3v) is 3.98. The van der Waals surface area contributed by atoms with Crippen LogP contribution in [-0.2, 0) is 4.74 Å². The first-order valence-corrected chi connectivity index (χ1v) is 6.13. The summed E-state index contributed by atoms with van der Waals surface area (Å²) >= 11 is 0. The van der Waals surface area contributed by atoms with E-state index in [0.717, 1.165) is 6.04 Å². The van der Waals surface area contributed by atoms with Crippen LogP contribution in [-0.4, -0.2) is 25.3 Å². The van der Waals surface area contributed by atoms with Gasteiger partial charge < -0.3 is 10.1 Å². The van der Waals surface area contributed by atoms with Gasteiger partial charge in [-0.1, -0.05) is 19.3 Å². The smallest absolute Gasteiger partial charge is 0.0693 e. The second-order valence-electron chi connectivity index (χ2n) is 4.95. The van der Waals surface area contributed by atoms with Gasteiger partial charge in [-0.2, -0.15) is 0 Å². The number of hydrogen-bond donors (Lipinski definition) is 1. The monoisotopic (exact) mass is 197 g/mol. The van der Waals surface area contributed by atoms with E-state index in [-0.39, 0.29) is 5.60 Å². The first kappa shape index (κ1) is 10.4. The molecule has 0 radical (unpaired) electrons. The molecule has 14 heavy (non-hydrogen) atoms. The van der Waals surface area contributed by atoms with Crippen molar-refractivity contribution >= 4 is 0 Å². The van der Waals surface area contributed by atoms with E-state index < -0.39 is 0 Å². The molecule has 2 aliphatic rings. The Kier molecular flexibility index (Phi) is 3.45. The molecule has 1 saturated heterocycles. The predicted octanol–water partition coefficient (Wildman–Crippen LogP) is 2.48. The maximum atomic E-state index is 5.80. The van der Waals surface area contributed by atoms with Gasteiger partial charge in [0.25, 0.3) is 0 Å². The number of nitrogens with one attached hydrogen (secondary N) is 1. The lowest BCUT2D eigenvalue weighted by molar-refractivity contribution is -0.0509. The molecule has 0 amide bonds. The number of hydrogen-bond acceptors (Lipinski definition) is 2. The van der Waals surface area contributed by atoms with Crippen molar-refractivity contribution < 1.29 is 4.74 Å². The lowest BCUT2D eigenvalue weighted by Crippen LogP contribution is -2.40. The second-order valence-corrected chi connectivity index (χ2v) is 4.95. The first-order valence-electron chi connectivity index (χ1n) is 6.13. The first-order chi connectivity index (χ1) is 6.85. The molecule has 2 nitrogen and oxygen atoms in total. The Balaban J connectivity index is 1.89. The summed E-state index contributed by atoms with van der Waals surface area (Å²) in [6.07, 6.45) is 10.6. The summed E-state index contributed by atoms with van der Waals surface area (Å²) in [5.74, 6) is 0. The van der Waals surface area contributed by atoms with E-state index in [2.05, 4.69) is 5.32 Å².